The Morgan fingerprint density at radius 1 is 1.10 bits per heavy atom. The van der Waals surface area contributed by atoms with Gasteiger partial charge in [-0.05, 0) is 31.8 Å². The molecule has 3 N–H and O–H groups in total. The van der Waals surface area contributed by atoms with Gasteiger partial charge in [0, 0.05) is 17.7 Å². The fourth-order valence-corrected chi connectivity index (χ4v) is 2.79. The Morgan fingerprint density at radius 3 is 2.38 bits per heavy atom. The summed E-state index contributed by atoms with van der Waals surface area (Å²) in [5, 5.41) is 11.8. The number of carbonyl (C=O) groups is 1. The molecule has 0 aliphatic heterocycles. The summed E-state index contributed by atoms with van der Waals surface area (Å²) in [6, 6.07) is 16.9. The van der Waals surface area contributed by atoms with Crippen LogP contribution in [0.5, 0.6) is 0 Å². The maximum atomic E-state index is 11.8. The van der Waals surface area contributed by atoms with Crippen LogP contribution in [0.3, 0.4) is 0 Å². The molecule has 0 unspecified atom stereocenters. The fourth-order valence-electron chi connectivity index (χ4n) is 2.79. The largest absolute Gasteiger partial charge is 0.382 e. The molecular formula is C22H22N6O. The predicted molar refractivity (Wildman–Crippen MR) is 112 cm³/mol. The number of hydrogen-bond acceptors (Lipinski definition) is 6. The number of nitrogen functional groups attached to an aromatic ring is 1. The third kappa shape index (κ3) is 5.15. The van der Waals surface area contributed by atoms with Gasteiger partial charge in [0.25, 0.3) is 0 Å². The minimum atomic E-state index is -0.0238. The zero-order valence-corrected chi connectivity index (χ0v) is 16.4. The van der Waals surface area contributed by atoms with E-state index in [4.69, 9.17) is 11.0 Å². The average molecular weight is 386 g/mol. The lowest BCUT2D eigenvalue weighted by Crippen LogP contribution is -2.32. The molecule has 146 valence electrons. The second-order valence-electron chi connectivity index (χ2n) is 6.89. The number of carbonyl (C=O) groups excluding carboxylic acids is 1. The van der Waals surface area contributed by atoms with Gasteiger partial charge in [0.1, 0.15) is 11.5 Å². The topological polar surface area (TPSA) is 108 Å². The van der Waals surface area contributed by atoms with Crippen molar-refractivity contribution in [1.29, 1.82) is 5.26 Å². The summed E-state index contributed by atoms with van der Waals surface area (Å²) in [4.78, 5) is 22.5. The minimum Gasteiger partial charge on any atom is -0.382 e. The van der Waals surface area contributed by atoms with Gasteiger partial charge in [-0.15, -0.1) is 0 Å². The maximum Gasteiger partial charge on any atom is 0.234 e. The van der Waals surface area contributed by atoms with Crippen LogP contribution in [0.15, 0.2) is 54.7 Å². The number of hydrogen-bond donors (Lipinski definition) is 2. The SMILES string of the molecule is CN(C)CC(=O)NCc1ccc(-c2nc(-c3ccc(C#N)cc3)cnc2N)cc1. The second-order valence-corrected chi connectivity index (χ2v) is 6.89. The Labute approximate surface area is 169 Å². The molecule has 0 bridgehead atoms. The first-order chi connectivity index (χ1) is 14.0. The smallest absolute Gasteiger partial charge is 0.234 e. The molecule has 2 aromatic carbocycles. The lowest BCUT2D eigenvalue weighted by Gasteiger charge is -2.11. The van der Waals surface area contributed by atoms with Crippen LogP contribution in [0.25, 0.3) is 22.5 Å². The Kier molecular flexibility index (Phi) is 6.17. The Bertz CT molecular complexity index is 1040. The van der Waals surface area contributed by atoms with Gasteiger partial charge in [0.2, 0.25) is 5.91 Å². The highest BCUT2D eigenvalue weighted by molar-refractivity contribution is 5.78. The molecule has 3 aromatic rings. The van der Waals surface area contributed by atoms with E-state index in [2.05, 4.69) is 21.4 Å². The van der Waals surface area contributed by atoms with Gasteiger partial charge in [0.05, 0.1) is 30.1 Å². The normalized spacial score (nSPS) is 10.6. The van der Waals surface area contributed by atoms with Gasteiger partial charge >= 0.3 is 0 Å². The molecule has 3 rings (SSSR count). The molecular weight excluding hydrogens is 364 g/mol. The van der Waals surface area contributed by atoms with E-state index in [1.807, 2.05) is 55.4 Å². The van der Waals surface area contributed by atoms with Crippen LogP contribution >= 0.6 is 0 Å². The van der Waals surface area contributed by atoms with Gasteiger partial charge in [-0.2, -0.15) is 5.26 Å². The molecule has 0 radical (unpaired) electrons. The Balaban J connectivity index is 1.77. The standard InChI is InChI=1S/C22H22N6O/c1-28(2)14-20(29)25-12-16-5-9-18(10-6-16)21-22(24)26-13-19(27-21)17-7-3-15(11-23)4-8-17/h3-10,13H,12,14H2,1-2H3,(H2,24,26)(H,25,29). The van der Waals surface area contributed by atoms with Crippen molar-refractivity contribution in [3.63, 3.8) is 0 Å². The highest BCUT2D eigenvalue weighted by Gasteiger charge is 2.10. The third-order valence-corrected chi connectivity index (χ3v) is 4.29. The van der Waals surface area contributed by atoms with Crippen LogP contribution in [0, 0.1) is 11.3 Å². The van der Waals surface area contributed by atoms with E-state index in [1.165, 1.54) is 0 Å². The molecule has 29 heavy (non-hydrogen) atoms. The zero-order chi connectivity index (χ0) is 20.8. The summed E-state index contributed by atoms with van der Waals surface area (Å²) in [5.74, 6) is 0.318. The molecule has 1 amide bonds. The van der Waals surface area contributed by atoms with E-state index in [0.717, 1.165) is 16.7 Å². The summed E-state index contributed by atoms with van der Waals surface area (Å²) in [5.41, 5.74) is 10.6. The van der Waals surface area contributed by atoms with Crippen LogP contribution in [0.2, 0.25) is 0 Å². The highest BCUT2D eigenvalue weighted by Crippen LogP contribution is 2.26. The van der Waals surface area contributed by atoms with Crippen LogP contribution in [-0.2, 0) is 11.3 Å². The van der Waals surface area contributed by atoms with E-state index in [-0.39, 0.29) is 5.91 Å². The average Bonchev–Trinajstić information content (AvgIpc) is 2.73. The zero-order valence-electron chi connectivity index (χ0n) is 16.4. The highest BCUT2D eigenvalue weighted by atomic mass is 16.1. The van der Waals surface area contributed by atoms with E-state index in [9.17, 15) is 4.79 Å². The van der Waals surface area contributed by atoms with Crippen molar-refractivity contribution < 1.29 is 4.79 Å². The van der Waals surface area contributed by atoms with Crippen molar-refractivity contribution in [3.8, 4) is 28.6 Å². The van der Waals surface area contributed by atoms with Crippen molar-refractivity contribution in [2.24, 2.45) is 0 Å². The lowest BCUT2D eigenvalue weighted by atomic mass is 10.1. The molecule has 7 nitrogen and oxygen atoms in total. The van der Waals surface area contributed by atoms with Gasteiger partial charge in [-0.1, -0.05) is 36.4 Å². The number of amides is 1. The summed E-state index contributed by atoms with van der Waals surface area (Å²) >= 11 is 0. The van der Waals surface area contributed by atoms with Gasteiger partial charge < -0.3 is 16.0 Å². The number of rotatable bonds is 6. The summed E-state index contributed by atoms with van der Waals surface area (Å²) in [7, 11) is 3.71. The van der Waals surface area contributed by atoms with Crippen LogP contribution in [-0.4, -0.2) is 41.4 Å². The molecule has 1 aromatic heterocycles. The van der Waals surface area contributed by atoms with Crippen LogP contribution < -0.4 is 11.1 Å². The van der Waals surface area contributed by atoms with Gasteiger partial charge in [-0.25, -0.2) is 9.97 Å². The molecule has 0 aliphatic rings. The lowest BCUT2D eigenvalue weighted by molar-refractivity contribution is -0.121. The Morgan fingerprint density at radius 2 is 1.76 bits per heavy atom. The first-order valence-electron chi connectivity index (χ1n) is 9.10. The van der Waals surface area contributed by atoms with Crippen molar-refractivity contribution in [2.45, 2.75) is 6.54 Å². The first-order valence-corrected chi connectivity index (χ1v) is 9.10. The molecule has 0 aliphatic carbocycles. The number of nitrogens with one attached hydrogen (secondary N) is 1. The van der Waals surface area contributed by atoms with Gasteiger partial charge in [0.15, 0.2) is 0 Å². The summed E-state index contributed by atoms with van der Waals surface area (Å²) in [6.07, 6.45) is 1.62. The Hall–Kier alpha value is -3.76. The maximum absolute atomic E-state index is 11.8. The summed E-state index contributed by atoms with van der Waals surface area (Å²) in [6.45, 7) is 0.811. The van der Waals surface area contributed by atoms with Crippen molar-refractivity contribution in [3.05, 3.63) is 65.9 Å². The number of benzene rings is 2. The second kappa shape index (κ2) is 8.95. The van der Waals surface area contributed by atoms with Crippen molar-refractivity contribution in [2.75, 3.05) is 26.4 Å². The number of anilines is 1. The minimum absolute atomic E-state index is 0.0238. The van der Waals surface area contributed by atoms with E-state index < -0.39 is 0 Å². The van der Waals surface area contributed by atoms with E-state index >= 15 is 0 Å². The molecule has 7 heteroatoms. The molecule has 0 fully saturated rings. The monoisotopic (exact) mass is 386 g/mol. The van der Waals surface area contributed by atoms with Crippen LogP contribution in [0.1, 0.15) is 11.1 Å². The molecule has 0 atom stereocenters. The summed E-state index contributed by atoms with van der Waals surface area (Å²) < 4.78 is 0. The van der Waals surface area contributed by atoms with Crippen molar-refractivity contribution in [1.82, 2.24) is 20.2 Å². The molecule has 0 saturated carbocycles. The van der Waals surface area contributed by atoms with Crippen LogP contribution in [0.4, 0.5) is 5.82 Å². The number of nitrogens with zero attached hydrogens (tertiary/aromatic N) is 4. The number of nitriles is 1. The number of aromatic nitrogens is 2. The third-order valence-electron chi connectivity index (χ3n) is 4.29. The van der Waals surface area contributed by atoms with E-state index in [0.29, 0.717) is 35.9 Å². The fraction of sp³-hybridized carbons (Fsp3) is 0.182. The molecule has 0 spiro atoms. The number of nitrogens with two attached hydrogens (primary N) is 1. The predicted octanol–water partition coefficient (Wildman–Crippen LogP) is 2.44. The molecule has 0 saturated heterocycles. The first kappa shape index (κ1) is 20.0. The molecule has 1 heterocycles. The van der Waals surface area contributed by atoms with E-state index in [1.54, 1.807) is 18.3 Å². The van der Waals surface area contributed by atoms with Crippen molar-refractivity contribution >= 4 is 11.7 Å². The quantitative estimate of drug-likeness (QED) is 0.674. The number of likely N-dealkylation sites (N-methyl/N-ethyl adjacent to an activating group) is 1. The van der Waals surface area contributed by atoms with Gasteiger partial charge in [-0.3, -0.25) is 4.79 Å².